The van der Waals surface area contributed by atoms with Gasteiger partial charge in [0.15, 0.2) is 11.5 Å². The molecule has 0 spiro atoms. The number of nitrogens with zero attached hydrogens (tertiary/aromatic N) is 3. The third-order valence-electron chi connectivity index (χ3n) is 2.77. The molecule has 0 aliphatic rings. The average Bonchev–Trinajstić information content (AvgIpc) is 2.80. The molecule has 0 saturated carbocycles. The third kappa shape index (κ3) is 2.28. The van der Waals surface area contributed by atoms with Crippen LogP contribution in [0, 0.1) is 0 Å². The number of halogens is 2. The standard InChI is InChI=1S/C13H7BrClN3O2/c14-9-3-8(4-10(15)5-9)12-17-16-11-2-1-7(13(19)20)6-18(11)12/h1-6H,(H,19,20). The highest BCUT2D eigenvalue weighted by Gasteiger charge is 2.12. The van der Waals surface area contributed by atoms with Gasteiger partial charge in [-0.1, -0.05) is 27.5 Å². The molecule has 20 heavy (non-hydrogen) atoms. The van der Waals surface area contributed by atoms with E-state index in [2.05, 4.69) is 26.1 Å². The number of hydrogen-bond donors (Lipinski definition) is 1. The molecule has 0 unspecified atom stereocenters. The van der Waals surface area contributed by atoms with E-state index in [9.17, 15) is 4.79 Å². The van der Waals surface area contributed by atoms with Gasteiger partial charge in [0.25, 0.3) is 0 Å². The number of aromatic nitrogens is 3. The molecule has 3 aromatic rings. The van der Waals surface area contributed by atoms with Crippen molar-refractivity contribution in [1.29, 1.82) is 0 Å². The van der Waals surface area contributed by atoms with Crippen LogP contribution in [-0.4, -0.2) is 25.7 Å². The lowest BCUT2D eigenvalue weighted by Gasteiger charge is -2.03. The highest BCUT2D eigenvalue weighted by molar-refractivity contribution is 9.10. The van der Waals surface area contributed by atoms with E-state index in [-0.39, 0.29) is 5.56 Å². The minimum absolute atomic E-state index is 0.166. The van der Waals surface area contributed by atoms with Crippen LogP contribution in [0.1, 0.15) is 10.4 Å². The quantitative estimate of drug-likeness (QED) is 0.766. The summed E-state index contributed by atoms with van der Waals surface area (Å²) in [6, 6.07) is 8.45. The summed E-state index contributed by atoms with van der Waals surface area (Å²) in [5.41, 5.74) is 1.49. The van der Waals surface area contributed by atoms with Crippen LogP contribution in [0.2, 0.25) is 5.02 Å². The highest BCUT2D eigenvalue weighted by atomic mass is 79.9. The van der Waals surface area contributed by atoms with Crippen molar-refractivity contribution in [3.63, 3.8) is 0 Å². The Bertz CT molecular complexity index is 811. The fourth-order valence-electron chi connectivity index (χ4n) is 1.90. The summed E-state index contributed by atoms with van der Waals surface area (Å²) in [5.74, 6) is -0.467. The summed E-state index contributed by atoms with van der Waals surface area (Å²) in [4.78, 5) is 11.0. The molecule has 0 aliphatic carbocycles. The summed E-state index contributed by atoms with van der Waals surface area (Å²) in [6.07, 6.45) is 1.49. The van der Waals surface area contributed by atoms with Crippen LogP contribution in [0.15, 0.2) is 41.0 Å². The molecule has 1 N–H and O–H groups in total. The maximum atomic E-state index is 11.0. The Hall–Kier alpha value is -1.92. The Kier molecular flexibility index (Phi) is 3.19. The van der Waals surface area contributed by atoms with E-state index in [1.165, 1.54) is 12.3 Å². The summed E-state index contributed by atoms with van der Waals surface area (Å²) < 4.78 is 2.44. The lowest BCUT2D eigenvalue weighted by Crippen LogP contribution is -1.99. The fourth-order valence-corrected chi connectivity index (χ4v) is 2.76. The van der Waals surface area contributed by atoms with Crippen molar-refractivity contribution in [2.24, 2.45) is 0 Å². The molecule has 0 saturated heterocycles. The van der Waals surface area contributed by atoms with Crippen molar-refractivity contribution in [1.82, 2.24) is 14.6 Å². The predicted octanol–water partition coefficient (Wildman–Crippen LogP) is 3.51. The number of fused-ring (bicyclic) bond motifs is 1. The van der Waals surface area contributed by atoms with E-state index >= 15 is 0 Å². The van der Waals surface area contributed by atoms with Crippen molar-refractivity contribution < 1.29 is 9.90 Å². The lowest BCUT2D eigenvalue weighted by atomic mass is 10.2. The van der Waals surface area contributed by atoms with Gasteiger partial charge in [-0.25, -0.2) is 4.79 Å². The Morgan fingerprint density at radius 1 is 1.25 bits per heavy atom. The van der Waals surface area contributed by atoms with Crippen LogP contribution in [-0.2, 0) is 0 Å². The first-order valence-electron chi connectivity index (χ1n) is 5.59. The first-order chi connectivity index (χ1) is 9.54. The number of hydrogen-bond acceptors (Lipinski definition) is 3. The fraction of sp³-hybridized carbons (Fsp3) is 0. The molecule has 0 bridgehead atoms. The zero-order valence-electron chi connectivity index (χ0n) is 9.92. The monoisotopic (exact) mass is 351 g/mol. The second-order valence-electron chi connectivity index (χ2n) is 4.13. The molecular formula is C13H7BrClN3O2. The molecule has 7 heteroatoms. The van der Waals surface area contributed by atoms with Gasteiger partial charge < -0.3 is 5.11 Å². The zero-order valence-corrected chi connectivity index (χ0v) is 12.3. The van der Waals surface area contributed by atoms with Gasteiger partial charge >= 0.3 is 5.97 Å². The normalized spacial score (nSPS) is 10.9. The van der Waals surface area contributed by atoms with Crippen molar-refractivity contribution in [2.45, 2.75) is 0 Å². The van der Waals surface area contributed by atoms with Crippen molar-refractivity contribution >= 4 is 39.1 Å². The Balaban J connectivity index is 2.25. The van der Waals surface area contributed by atoms with Crippen LogP contribution >= 0.6 is 27.5 Å². The third-order valence-corrected chi connectivity index (χ3v) is 3.45. The van der Waals surface area contributed by atoms with Gasteiger partial charge in [-0.05, 0) is 30.3 Å². The van der Waals surface area contributed by atoms with Gasteiger partial charge in [0, 0.05) is 21.3 Å². The lowest BCUT2D eigenvalue weighted by molar-refractivity contribution is 0.0696. The van der Waals surface area contributed by atoms with Gasteiger partial charge in [-0.2, -0.15) is 0 Å². The van der Waals surface area contributed by atoms with Crippen molar-refractivity contribution in [2.75, 3.05) is 0 Å². The second kappa shape index (κ2) is 4.88. The average molecular weight is 353 g/mol. The van der Waals surface area contributed by atoms with Crippen LogP contribution < -0.4 is 0 Å². The maximum absolute atomic E-state index is 11.0. The summed E-state index contributed by atoms with van der Waals surface area (Å²) >= 11 is 9.38. The Morgan fingerprint density at radius 2 is 2.05 bits per heavy atom. The molecule has 5 nitrogen and oxygen atoms in total. The maximum Gasteiger partial charge on any atom is 0.337 e. The summed E-state index contributed by atoms with van der Waals surface area (Å²) in [5, 5.41) is 17.7. The van der Waals surface area contributed by atoms with E-state index < -0.39 is 5.97 Å². The van der Waals surface area contributed by atoms with E-state index in [1.54, 1.807) is 22.6 Å². The highest BCUT2D eigenvalue weighted by Crippen LogP contribution is 2.26. The minimum Gasteiger partial charge on any atom is -0.478 e. The molecule has 0 aliphatic heterocycles. The molecular weight excluding hydrogens is 346 g/mol. The molecule has 1 aromatic carbocycles. The van der Waals surface area contributed by atoms with Gasteiger partial charge in [0.2, 0.25) is 0 Å². The smallest absolute Gasteiger partial charge is 0.337 e. The number of carboxylic acids is 1. The van der Waals surface area contributed by atoms with Gasteiger partial charge in [-0.15, -0.1) is 10.2 Å². The topological polar surface area (TPSA) is 67.5 Å². The second-order valence-corrected chi connectivity index (χ2v) is 5.48. The number of benzene rings is 1. The van der Waals surface area contributed by atoms with Crippen LogP contribution in [0.5, 0.6) is 0 Å². The first-order valence-corrected chi connectivity index (χ1v) is 6.76. The molecule has 0 fully saturated rings. The number of pyridine rings is 1. The first kappa shape index (κ1) is 13.1. The molecule has 0 amide bonds. The van der Waals surface area contributed by atoms with Gasteiger partial charge in [0.05, 0.1) is 5.56 Å². The van der Waals surface area contributed by atoms with E-state index in [0.717, 1.165) is 10.0 Å². The summed E-state index contributed by atoms with van der Waals surface area (Å²) in [7, 11) is 0. The summed E-state index contributed by atoms with van der Waals surface area (Å²) in [6.45, 7) is 0. The molecule has 0 radical (unpaired) electrons. The molecule has 2 aromatic heterocycles. The van der Waals surface area contributed by atoms with Gasteiger partial charge in [0.1, 0.15) is 0 Å². The largest absolute Gasteiger partial charge is 0.478 e. The van der Waals surface area contributed by atoms with Crippen molar-refractivity contribution in [3.05, 3.63) is 51.6 Å². The number of rotatable bonds is 2. The van der Waals surface area contributed by atoms with E-state index in [1.807, 2.05) is 6.07 Å². The molecule has 3 rings (SSSR count). The van der Waals surface area contributed by atoms with E-state index in [0.29, 0.717) is 16.5 Å². The zero-order chi connectivity index (χ0) is 14.3. The van der Waals surface area contributed by atoms with Crippen LogP contribution in [0.3, 0.4) is 0 Å². The predicted molar refractivity (Wildman–Crippen MR) is 78.1 cm³/mol. The molecule has 0 atom stereocenters. The minimum atomic E-state index is -1.00. The number of aromatic carboxylic acids is 1. The molecule has 100 valence electrons. The van der Waals surface area contributed by atoms with Crippen LogP contribution in [0.25, 0.3) is 17.0 Å². The van der Waals surface area contributed by atoms with Crippen molar-refractivity contribution in [3.8, 4) is 11.4 Å². The number of carbonyl (C=O) groups is 1. The SMILES string of the molecule is O=C(O)c1ccc2nnc(-c3cc(Cl)cc(Br)c3)n2c1. The van der Waals surface area contributed by atoms with Crippen LogP contribution in [0.4, 0.5) is 0 Å². The van der Waals surface area contributed by atoms with Gasteiger partial charge in [-0.3, -0.25) is 4.40 Å². The molecule has 2 heterocycles. The van der Waals surface area contributed by atoms with E-state index in [4.69, 9.17) is 16.7 Å². The Labute approximate surface area is 127 Å². The number of carboxylic acid groups (broad SMARTS) is 1. The Morgan fingerprint density at radius 3 is 2.75 bits per heavy atom.